The molecule has 2 rings (SSSR count). The Labute approximate surface area is 111 Å². The summed E-state index contributed by atoms with van der Waals surface area (Å²) in [6.45, 7) is 0. The average molecular weight is 309 g/mol. The van der Waals surface area contributed by atoms with Crippen LogP contribution >= 0.6 is 27.3 Å². The smallest absolute Gasteiger partial charge is 0.267 e. The van der Waals surface area contributed by atoms with Gasteiger partial charge in [0.05, 0.1) is 11.8 Å². The Morgan fingerprint density at radius 1 is 1.29 bits per heavy atom. The summed E-state index contributed by atoms with van der Waals surface area (Å²) in [5.41, 5.74) is 3.05. The number of benzene rings is 1. The lowest BCUT2D eigenvalue weighted by Crippen LogP contribution is -2.17. The van der Waals surface area contributed by atoms with E-state index in [1.54, 1.807) is 23.6 Å². The third kappa shape index (κ3) is 3.25. The molecule has 2 aromatic rings. The van der Waals surface area contributed by atoms with E-state index in [-0.39, 0.29) is 5.91 Å². The number of rotatable bonds is 3. The lowest BCUT2D eigenvalue weighted by Gasteiger charge is -2.01. The summed E-state index contributed by atoms with van der Waals surface area (Å²) in [4.78, 5) is 12.7. The highest BCUT2D eigenvalue weighted by atomic mass is 79.9. The second kappa shape index (κ2) is 5.75. The van der Waals surface area contributed by atoms with Gasteiger partial charge in [0, 0.05) is 9.35 Å². The SMILES string of the molecule is O=C(N/N=C/c1cccs1)c1ccccc1Br. The minimum absolute atomic E-state index is 0.231. The van der Waals surface area contributed by atoms with Crippen LogP contribution in [0.1, 0.15) is 15.2 Å². The molecule has 0 atom stereocenters. The summed E-state index contributed by atoms with van der Waals surface area (Å²) in [5.74, 6) is -0.231. The van der Waals surface area contributed by atoms with Gasteiger partial charge in [0.2, 0.25) is 0 Å². The van der Waals surface area contributed by atoms with E-state index in [4.69, 9.17) is 0 Å². The number of nitrogens with one attached hydrogen (secondary N) is 1. The Bertz CT molecular complexity index is 537. The van der Waals surface area contributed by atoms with Gasteiger partial charge in [-0.15, -0.1) is 11.3 Å². The van der Waals surface area contributed by atoms with Crippen LogP contribution in [0.3, 0.4) is 0 Å². The van der Waals surface area contributed by atoms with Gasteiger partial charge in [-0.3, -0.25) is 4.79 Å². The fraction of sp³-hybridized carbons (Fsp3) is 0. The van der Waals surface area contributed by atoms with E-state index < -0.39 is 0 Å². The Morgan fingerprint density at radius 2 is 2.12 bits per heavy atom. The van der Waals surface area contributed by atoms with Gasteiger partial charge in [0.25, 0.3) is 5.91 Å². The molecule has 3 nitrogen and oxygen atoms in total. The summed E-state index contributed by atoms with van der Waals surface area (Å²) in [5, 5.41) is 5.85. The van der Waals surface area contributed by atoms with Crippen molar-refractivity contribution in [2.24, 2.45) is 5.10 Å². The number of thiophene rings is 1. The van der Waals surface area contributed by atoms with E-state index in [0.717, 1.165) is 9.35 Å². The summed E-state index contributed by atoms with van der Waals surface area (Å²) < 4.78 is 0.754. The molecular weight excluding hydrogens is 300 g/mol. The Hall–Kier alpha value is -1.46. The van der Waals surface area contributed by atoms with Gasteiger partial charge < -0.3 is 0 Å². The Morgan fingerprint density at radius 3 is 2.82 bits per heavy atom. The monoisotopic (exact) mass is 308 g/mol. The van der Waals surface area contributed by atoms with Crippen LogP contribution in [-0.4, -0.2) is 12.1 Å². The van der Waals surface area contributed by atoms with Crippen molar-refractivity contribution < 1.29 is 4.79 Å². The van der Waals surface area contributed by atoms with Gasteiger partial charge in [-0.25, -0.2) is 5.43 Å². The third-order valence-corrected chi connectivity index (χ3v) is 3.52. The molecule has 1 aromatic heterocycles. The largest absolute Gasteiger partial charge is 0.272 e. The molecule has 0 saturated heterocycles. The molecule has 0 aliphatic carbocycles. The molecule has 1 aromatic carbocycles. The molecule has 0 saturated carbocycles. The van der Waals surface area contributed by atoms with E-state index in [0.29, 0.717) is 5.56 Å². The van der Waals surface area contributed by atoms with Crippen LogP contribution < -0.4 is 5.43 Å². The van der Waals surface area contributed by atoms with Gasteiger partial charge in [-0.2, -0.15) is 5.10 Å². The maximum Gasteiger partial charge on any atom is 0.272 e. The molecule has 1 heterocycles. The van der Waals surface area contributed by atoms with Crippen LogP contribution in [0.5, 0.6) is 0 Å². The predicted molar refractivity (Wildman–Crippen MR) is 73.5 cm³/mol. The van der Waals surface area contributed by atoms with Crippen LogP contribution in [0.25, 0.3) is 0 Å². The first-order chi connectivity index (χ1) is 8.27. The quantitative estimate of drug-likeness (QED) is 0.686. The summed E-state index contributed by atoms with van der Waals surface area (Å²) >= 11 is 4.88. The molecule has 0 radical (unpaired) electrons. The molecule has 0 unspecified atom stereocenters. The molecule has 1 amide bonds. The molecule has 0 bridgehead atoms. The minimum Gasteiger partial charge on any atom is -0.267 e. The zero-order valence-electron chi connectivity index (χ0n) is 8.76. The maximum atomic E-state index is 11.7. The lowest BCUT2D eigenvalue weighted by atomic mass is 10.2. The van der Waals surface area contributed by atoms with Crippen LogP contribution in [-0.2, 0) is 0 Å². The van der Waals surface area contributed by atoms with Crippen LogP contribution in [0, 0.1) is 0 Å². The maximum absolute atomic E-state index is 11.7. The van der Waals surface area contributed by atoms with Crippen LogP contribution in [0.15, 0.2) is 51.4 Å². The van der Waals surface area contributed by atoms with E-state index >= 15 is 0 Å². The summed E-state index contributed by atoms with van der Waals surface area (Å²) in [6.07, 6.45) is 1.62. The fourth-order valence-corrected chi connectivity index (χ4v) is 2.27. The van der Waals surface area contributed by atoms with Gasteiger partial charge in [0.15, 0.2) is 0 Å². The first-order valence-corrected chi connectivity index (χ1v) is 6.56. The topological polar surface area (TPSA) is 41.5 Å². The molecule has 0 spiro atoms. The summed E-state index contributed by atoms with van der Waals surface area (Å²) in [7, 11) is 0. The second-order valence-corrected chi connectivity index (χ2v) is 5.03. The number of amides is 1. The predicted octanol–water partition coefficient (Wildman–Crippen LogP) is 3.27. The molecule has 17 heavy (non-hydrogen) atoms. The third-order valence-electron chi connectivity index (χ3n) is 2.02. The van der Waals surface area contributed by atoms with Crippen molar-refractivity contribution in [2.75, 3.05) is 0 Å². The van der Waals surface area contributed by atoms with Crippen molar-refractivity contribution in [1.29, 1.82) is 0 Å². The summed E-state index contributed by atoms with van der Waals surface area (Å²) in [6, 6.07) is 11.1. The second-order valence-electron chi connectivity index (χ2n) is 3.19. The fourth-order valence-electron chi connectivity index (χ4n) is 1.22. The number of carbonyl (C=O) groups is 1. The van der Waals surface area contributed by atoms with Crippen molar-refractivity contribution in [1.82, 2.24) is 5.43 Å². The highest BCUT2D eigenvalue weighted by molar-refractivity contribution is 9.10. The van der Waals surface area contributed by atoms with Crippen LogP contribution in [0.2, 0.25) is 0 Å². The number of hydrogen-bond donors (Lipinski definition) is 1. The molecule has 0 aliphatic rings. The molecule has 1 N–H and O–H groups in total. The van der Waals surface area contributed by atoms with E-state index in [2.05, 4.69) is 26.5 Å². The van der Waals surface area contributed by atoms with Crippen molar-refractivity contribution >= 4 is 39.4 Å². The van der Waals surface area contributed by atoms with Gasteiger partial charge >= 0.3 is 0 Å². The zero-order valence-corrected chi connectivity index (χ0v) is 11.2. The number of carbonyl (C=O) groups excluding carboxylic acids is 1. The molecule has 0 aliphatic heterocycles. The van der Waals surface area contributed by atoms with Crippen molar-refractivity contribution in [3.05, 3.63) is 56.7 Å². The van der Waals surface area contributed by atoms with Crippen molar-refractivity contribution in [3.63, 3.8) is 0 Å². The standard InChI is InChI=1S/C12H9BrN2OS/c13-11-6-2-1-5-10(11)12(16)15-14-8-9-4-3-7-17-9/h1-8H,(H,15,16)/b14-8+. The van der Waals surface area contributed by atoms with Crippen molar-refractivity contribution in [3.8, 4) is 0 Å². The minimum atomic E-state index is -0.231. The number of hydrogen-bond acceptors (Lipinski definition) is 3. The molecule has 86 valence electrons. The van der Waals surface area contributed by atoms with E-state index in [1.165, 1.54) is 0 Å². The average Bonchev–Trinajstić information content (AvgIpc) is 2.82. The van der Waals surface area contributed by atoms with Gasteiger partial charge in [-0.05, 0) is 39.5 Å². The Kier molecular flexibility index (Phi) is 4.06. The first-order valence-electron chi connectivity index (χ1n) is 4.89. The zero-order chi connectivity index (χ0) is 12.1. The molecule has 5 heteroatoms. The van der Waals surface area contributed by atoms with Gasteiger partial charge in [-0.1, -0.05) is 18.2 Å². The van der Waals surface area contributed by atoms with Gasteiger partial charge in [0.1, 0.15) is 0 Å². The molecular formula is C12H9BrN2OS. The highest BCUT2D eigenvalue weighted by Gasteiger charge is 2.07. The number of halogens is 1. The number of hydrazone groups is 1. The lowest BCUT2D eigenvalue weighted by molar-refractivity contribution is 0.0954. The number of nitrogens with zero attached hydrogens (tertiary/aromatic N) is 1. The first kappa shape index (κ1) is 12.0. The van der Waals surface area contributed by atoms with E-state index in [9.17, 15) is 4.79 Å². The normalized spacial score (nSPS) is 10.6. The highest BCUT2D eigenvalue weighted by Crippen LogP contribution is 2.15. The van der Waals surface area contributed by atoms with Crippen LogP contribution in [0.4, 0.5) is 0 Å². The Balaban J connectivity index is 2.01. The van der Waals surface area contributed by atoms with Crippen molar-refractivity contribution in [2.45, 2.75) is 0 Å². The molecule has 0 fully saturated rings. The van der Waals surface area contributed by atoms with E-state index in [1.807, 2.05) is 35.7 Å².